The van der Waals surface area contributed by atoms with E-state index in [1.165, 1.54) is 19.1 Å². The summed E-state index contributed by atoms with van der Waals surface area (Å²) in [4.78, 5) is 106. The van der Waals surface area contributed by atoms with Crippen molar-refractivity contribution in [2.45, 2.75) is 154 Å². The molecule has 0 radical (unpaired) electrons. The first-order valence-corrected chi connectivity index (χ1v) is 32.6. The second-order valence-corrected chi connectivity index (χ2v) is 29.6. The number of ether oxygens (including phenoxy) is 10. The Morgan fingerprint density at radius 2 is 1.33 bits per heavy atom. The molecule has 88 heavy (non-hydrogen) atoms. The normalized spacial score (nSPS) is 26.2. The highest BCUT2D eigenvalue weighted by Crippen LogP contribution is 2.65. The molecule has 23 nitrogen and oxygen atoms in total. The van der Waals surface area contributed by atoms with Crippen molar-refractivity contribution in [3.8, 4) is 0 Å². The SMILES string of the molecule is CC(=O)O[C@H]1C(=O)[C@@]2(C)C([C@H](OC(=O)c3ccccc3)[C@]3(O)C[C@H](OC(=O)[C@H](O[Si](C)(C)C(C)(C)C)[C@@H](NC(=O)c4ccccc4)c4ccccc4)C(C)=C1C3(C)C)[C@]1(OC(C)=O)CO[C@@H]1C[C@@H]2OC(=O)CCOCCOCCOCCOCCN=[N+]=[N-]. The Labute approximate surface area is 514 Å². The molecule has 2 N–H and O–H groups in total. The number of esters is 5. The zero-order chi connectivity index (χ0) is 64.2. The minimum Gasteiger partial charge on any atom is -0.461 e. The molecule has 3 fully saturated rings. The number of amides is 1. The third kappa shape index (κ3) is 15.1. The molecule has 1 amide bonds. The maximum atomic E-state index is 16.5. The van der Waals surface area contributed by atoms with Crippen LogP contribution in [0.25, 0.3) is 10.4 Å². The highest BCUT2D eigenvalue weighted by molar-refractivity contribution is 6.74. The zero-order valence-electron chi connectivity index (χ0n) is 52.1. The summed E-state index contributed by atoms with van der Waals surface area (Å²) >= 11 is 0. The Kier molecular flexibility index (Phi) is 22.8. The number of Topliss-reactive ketones (excluding diaryl/α,β-unsaturated/α-hetero) is 1. The summed E-state index contributed by atoms with van der Waals surface area (Å²) in [5.41, 5.74) is 1.11. The van der Waals surface area contributed by atoms with Crippen LogP contribution in [0.5, 0.6) is 0 Å². The van der Waals surface area contributed by atoms with Gasteiger partial charge in [-0.15, -0.1) is 0 Å². The second-order valence-electron chi connectivity index (χ2n) is 24.8. The van der Waals surface area contributed by atoms with Crippen LogP contribution in [0.1, 0.15) is 114 Å². The maximum Gasteiger partial charge on any atom is 0.338 e. The number of aliphatic hydroxyl groups is 1. The molecular formula is C64H84N4O19Si. The van der Waals surface area contributed by atoms with E-state index in [1.54, 1.807) is 99.6 Å². The first-order valence-electron chi connectivity index (χ1n) is 29.7. The number of hydrogen-bond donors (Lipinski definition) is 2. The molecule has 4 aliphatic rings. The number of nitrogens with one attached hydrogen (secondary N) is 1. The predicted octanol–water partition coefficient (Wildman–Crippen LogP) is 8.08. The van der Waals surface area contributed by atoms with Gasteiger partial charge in [0.1, 0.15) is 30.0 Å². The van der Waals surface area contributed by atoms with Crippen LogP contribution < -0.4 is 5.32 Å². The second kappa shape index (κ2) is 29.2. The third-order valence-corrected chi connectivity index (χ3v) is 22.3. The lowest BCUT2D eigenvalue weighted by molar-refractivity contribution is -0.346. The van der Waals surface area contributed by atoms with Gasteiger partial charge in [-0.25, -0.2) is 9.59 Å². The maximum absolute atomic E-state index is 16.5. The Morgan fingerprint density at radius 3 is 1.86 bits per heavy atom. The van der Waals surface area contributed by atoms with E-state index < -0.39 is 132 Å². The van der Waals surface area contributed by atoms with E-state index in [1.807, 2.05) is 33.9 Å². The van der Waals surface area contributed by atoms with Crippen molar-refractivity contribution < 1.29 is 90.5 Å². The lowest BCUT2D eigenvalue weighted by atomic mass is 9.44. The summed E-state index contributed by atoms with van der Waals surface area (Å²) < 4.78 is 67.5. The van der Waals surface area contributed by atoms with Gasteiger partial charge in [-0.3, -0.25) is 24.0 Å². The number of benzene rings is 3. The van der Waals surface area contributed by atoms with Crippen LogP contribution in [0.15, 0.2) is 107 Å². The van der Waals surface area contributed by atoms with E-state index in [0.717, 1.165) is 13.8 Å². The molecule has 24 heteroatoms. The van der Waals surface area contributed by atoms with Gasteiger partial charge < -0.3 is 62.2 Å². The molecule has 478 valence electrons. The van der Waals surface area contributed by atoms with Crippen LogP contribution in [0.4, 0.5) is 0 Å². The van der Waals surface area contributed by atoms with E-state index in [9.17, 15) is 29.1 Å². The molecule has 0 spiro atoms. The lowest BCUT2D eigenvalue weighted by Crippen LogP contribution is -2.82. The molecule has 0 aromatic heterocycles. The molecule has 3 aromatic carbocycles. The van der Waals surface area contributed by atoms with Crippen molar-refractivity contribution in [2.24, 2.45) is 21.9 Å². The average molecular weight is 1240 g/mol. The van der Waals surface area contributed by atoms with Gasteiger partial charge in [-0.1, -0.05) is 106 Å². The molecule has 1 heterocycles. The van der Waals surface area contributed by atoms with Crippen LogP contribution in [-0.4, -0.2) is 169 Å². The summed E-state index contributed by atoms with van der Waals surface area (Å²) in [6, 6.07) is 24.0. The molecule has 1 unspecified atom stereocenters. The summed E-state index contributed by atoms with van der Waals surface area (Å²) in [5, 5.41) is 20.4. The fourth-order valence-electron chi connectivity index (χ4n) is 12.2. The Morgan fingerprint density at radius 1 is 0.773 bits per heavy atom. The summed E-state index contributed by atoms with van der Waals surface area (Å²) in [5.74, 6) is -7.53. The van der Waals surface area contributed by atoms with Gasteiger partial charge in [-0.05, 0) is 78.5 Å². The summed E-state index contributed by atoms with van der Waals surface area (Å²) in [6.45, 7) is 19.7. The molecule has 1 saturated heterocycles. The number of nitrogens with zero attached hydrogens (tertiary/aromatic N) is 3. The number of ketones is 1. The smallest absolute Gasteiger partial charge is 0.338 e. The van der Waals surface area contributed by atoms with Crippen LogP contribution in [0.3, 0.4) is 0 Å². The average Bonchev–Trinajstić information content (AvgIpc) is 0.679. The quantitative estimate of drug-likeness (QED) is 0.0101. The van der Waals surface area contributed by atoms with Gasteiger partial charge in [-0.2, -0.15) is 0 Å². The van der Waals surface area contributed by atoms with Gasteiger partial charge in [0.15, 0.2) is 31.9 Å². The first kappa shape index (κ1) is 68.6. The van der Waals surface area contributed by atoms with Gasteiger partial charge in [0.25, 0.3) is 5.91 Å². The van der Waals surface area contributed by atoms with Crippen molar-refractivity contribution in [3.05, 3.63) is 129 Å². The number of carbonyl (C=O) groups is 7. The van der Waals surface area contributed by atoms with Crippen molar-refractivity contribution >= 4 is 49.9 Å². The van der Waals surface area contributed by atoms with Gasteiger partial charge in [0.2, 0.25) is 0 Å². The number of azide groups is 1. The van der Waals surface area contributed by atoms with Crippen LogP contribution in [0.2, 0.25) is 18.1 Å². The van der Waals surface area contributed by atoms with Gasteiger partial charge in [0.05, 0.1) is 88.8 Å². The number of hydrogen-bond acceptors (Lipinski definition) is 20. The van der Waals surface area contributed by atoms with E-state index in [-0.39, 0.29) is 82.3 Å². The van der Waals surface area contributed by atoms with Crippen molar-refractivity contribution in [1.29, 1.82) is 0 Å². The van der Waals surface area contributed by atoms with Gasteiger partial charge >= 0.3 is 29.8 Å². The summed E-state index contributed by atoms with van der Waals surface area (Å²) in [6.07, 6.45) is -10.6. The number of carbonyl (C=O) groups excluding carboxylic acids is 7. The van der Waals surface area contributed by atoms with Crippen LogP contribution >= 0.6 is 0 Å². The predicted molar refractivity (Wildman–Crippen MR) is 320 cm³/mol. The highest BCUT2D eigenvalue weighted by atomic mass is 28.4. The molecule has 1 aliphatic heterocycles. The van der Waals surface area contributed by atoms with Crippen LogP contribution in [0, 0.1) is 16.7 Å². The molecular weight excluding hydrogens is 1160 g/mol. The zero-order valence-corrected chi connectivity index (χ0v) is 53.1. The Bertz CT molecular complexity index is 3040. The van der Waals surface area contributed by atoms with Crippen molar-refractivity contribution in [3.63, 3.8) is 0 Å². The standard InChI is InChI=1S/C64H84N4O19Si/c1-40-46(83-59(75)53(87-88(10,11)60(4,5)6)51(43-21-15-12-16-22-43)67-57(73)44-23-17-13-18-24-44)38-64(76)56(85-58(74)45-25-19-14-20-26-45)54-62(9,55(72)52(82-41(2)69)50(40)61(64,7)8)47(37-48-63(54,39-81-48)86-42(3)70)84-49(71)27-29-77-31-33-79-35-36-80-34-32-78-30-28-66-68-65/h12-26,46-48,51-54,56,76H,27-39H2,1-11H3,(H,67,73)/t46-,47-,48+,51-,52+,53+,54?,56-,62+,63-,64+/m0/s1. The molecule has 2 saturated carbocycles. The lowest BCUT2D eigenvalue weighted by Gasteiger charge is -2.67. The van der Waals surface area contributed by atoms with E-state index in [2.05, 4.69) is 15.3 Å². The minimum absolute atomic E-state index is 0.00720. The van der Waals surface area contributed by atoms with Crippen molar-refractivity contribution in [2.75, 3.05) is 66.0 Å². The topological polar surface area (TPSA) is 302 Å². The Hall–Kier alpha value is -6.86. The number of rotatable bonds is 28. The molecule has 7 rings (SSSR count). The third-order valence-electron chi connectivity index (χ3n) is 17.9. The number of fused-ring (bicyclic) bond motifs is 5. The molecule has 3 aliphatic carbocycles. The van der Waals surface area contributed by atoms with Crippen LogP contribution in [-0.2, 0) is 75.8 Å². The Balaban J connectivity index is 1.30. The molecule has 3 aromatic rings. The highest BCUT2D eigenvalue weighted by Gasteiger charge is 2.79. The van der Waals surface area contributed by atoms with E-state index >= 15 is 9.59 Å². The minimum atomic E-state index is -3.00. The fourth-order valence-corrected chi connectivity index (χ4v) is 13.4. The van der Waals surface area contributed by atoms with E-state index in [0.29, 0.717) is 24.3 Å². The molecule has 2 bridgehead atoms. The largest absolute Gasteiger partial charge is 0.461 e. The van der Waals surface area contributed by atoms with Crippen molar-refractivity contribution in [1.82, 2.24) is 5.32 Å². The monoisotopic (exact) mass is 1240 g/mol. The first-order chi connectivity index (χ1) is 41.6. The molecule has 11 atom stereocenters. The van der Waals surface area contributed by atoms with E-state index in [4.69, 9.17) is 57.3 Å². The van der Waals surface area contributed by atoms with Gasteiger partial charge in [0, 0.05) is 49.1 Å². The summed E-state index contributed by atoms with van der Waals surface area (Å²) in [7, 11) is -3.00. The fraction of sp³-hybridized carbons (Fsp3) is 0.578.